The fourth-order valence-electron chi connectivity index (χ4n) is 3.35. The maximum atomic E-state index is 13.3. The number of thiazole rings is 1. The number of fused-ring (bicyclic) bond motifs is 1. The Labute approximate surface area is 184 Å². The summed E-state index contributed by atoms with van der Waals surface area (Å²) >= 11 is 2.66. The molecule has 3 aromatic rings. The van der Waals surface area contributed by atoms with Crippen molar-refractivity contribution in [3.05, 3.63) is 93.3 Å². The molecule has 3 heterocycles. The molecule has 31 heavy (non-hydrogen) atoms. The molecular formula is C21H17N3O5S2. The van der Waals surface area contributed by atoms with Crippen molar-refractivity contribution in [1.29, 1.82) is 0 Å². The second kappa shape index (κ2) is 8.40. The third kappa shape index (κ3) is 3.87. The number of esters is 1. The van der Waals surface area contributed by atoms with Crippen molar-refractivity contribution in [3.8, 4) is 0 Å². The molecule has 1 unspecified atom stereocenters. The minimum atomic E-state index is -0.616. The number of benzene rings is 1. The zero-order valence-electron chi connectivity index (χ0n) is 16.6. The first-order chi connectivity index (χ1) is 14.9. The molecule has 1 aliphatic heterocycles. The number of hydrogen-bond acceptors (Lipinski definition) is 8. The Morgan fingerprint density at radius 2 is 2.06 bits per heavy atom. The molecule has 0 radical (unpaired) electrons. The Kier molecular flexibility index (Phi) is 5.66. The zero-order valence-corrected chi connectivity index (χ0v) is 18.2. The monoisotopic (exact) mass is 455 g/mol. The van der Waals surface area contributed by atoms with Crippen molar-refractivity contribution in [2.24, 2.45) is 4.99 Å². The largest absolute Gasteiger partial charge is 0.463 e. The van der Waals surface area contributed by atoms with Crippen LogP contribution in [0.15, 0.2) is 62.8 Å². The molecular weight excluding hydrogens is 438 g/mol. The van der Waals surface area contributed by atoms with Gasteiger partial charge in [-0.3, -0.25) is 19.5 Å². The number of carbonyl (C=O) groups is 1. The topological polar surface area (TPSA) is 104 Å². The van der Waals surface area contributed by atoms with Crippen LogP contribution in [0.4, 0.5) is 5.69 Å². The Morgan fingerprint density at radius 1 is 1.32 bits per heavy atom. The van der Waals surface area contributed by atoms with Crippen LogP contribution in [0, 0.1) is 10.1 Å². The van der Waals surface area contributed by atoms with Crippen molar-refractivity contribution >= 4 is 40.4 Å². The van der Waals surface area contributed by atoms with E-state index < -0.39 is 16.9 Å². The average molecular weight is 456 g/mol. The van der Waals surface area contributed by atoms with Crippen LogP contribution in [-0.4, -0.2) is 22.1 Å². The van der Waals surface area contributed by atoms with Gasteiger partial charge in [0.15, 0.2) is 4.80 Å². The van der Waals surface area contributed by atoms with Crippen LogP contribution in [0.3, 0.4) is 0 Å². The summed E-state index contributed by atoms with van der Waals surface area (Å²) in [4.78, 5) is 42.3. The maximum Gasteiger partial charge on any atom is 0.338 e. The van der Waals surface area contributed by atoms with Crippen molar-refractivity contribution < 1.29 is 14.5 Å². The number of ether oxygens (including phenoxy) is 1. The number of rotatable bonds is 5. The molecule has 0 amide bonds. The lowest BCUT2D eigenvalue weighted by Gasteiger charge is -2.23. The summed E-state index contributed by atoms with van der Waals surface area (Å²) in [5.41, 5.74) is 1.21. The van der Waals surface area contributed by atoms with Gasteiger partial charge in [-0.15, -0.1) is 11.3 Å². The van der Waals surface area contributed by atoms with Crippen LogP contribution in [0.2, 0.25) is 0 Å². The van der Waals surface area contributed by atoms with Gasteiger partial charge in [-0.05, 0) is 49.1 Å². The molecule has 0 N–H and O–H groups in total. The van der Waals surface area contributed by atoms with Gasteiger partial charge in [0.2, 0.25) is 0 Å². The van der Waals surface area contributed by atoms with Gasteiger partial charge in [0, 0.05) is 17.0 Å². The zero-order chi connectivity index (χ0) is 22.1. The number of aromatic nitrogens is 1. The van der Waals surface area contributed by atoms with Crippen LogP contribution in [0.25, 0.3) is 6.08 Å². The van der Waals surface area contributed by atoms with E-state index in [1.54, 1.807) is 32.1 Å². The fraction of sp³-hybridized carbons (Fsp3) is 0.190. The Bertz CT molecular complexity index is 1370. The van der Waals surface area contributed by atoms with Gasteiger partial charge in [0.05, 0.1) is 27.3 Å². The number of carbonyl (C=O) groups excluding carboxylic acids is 1. The highest BCUT2D eigenvalue weighted by Gasteiger charge is 2.33. The quantitative estimate of drug-likeness (QED) is 0.334. The summed E-state index contributed by atoms with van der Waals surface area (Å²) in [7, 11) is 0. The lowest BCUT2D eigenvalue weighted by molar-refractivity contribution is -0.384. The van der Waals surface area contributed by atoms with Gasteiger partial charge in [-0.25, -0.2) is 9.79 Å². The molecule has 0 saturated heterocycles. The standard InChI is InChI=1S/C21H17N3O5S2/c1-3-29-20(26)17-12(2)22-21-23(18(17)15-5-4-10-30-15)19(25)16(31-21)11-13-6-8-14(9-7-13)24(27)28/h4-11,18H,3H2,1-2H3. The Morgan fingerprint density at radius 3 is 2.68 bits per heavy atom. The summed E-state index contributed by atoms with van der Waals surface area (Å²) in [6, 6.07) is 9.08. The number of allylic oxidation sites excluding steroid dienone is 1. The van der Waals surface area contributed by atoms with Crippen LogP contribution in [0.1, 0.15) is 30.3 Å². The summed E-state index contributed by atoms with van der Waals surface area (Å²) in [5, 5.41) is 12.7. The van der Waals surface area contributed by atoms with Crippen molar-refractivity contribution in [2.45, 2.75) is 19.9 Å². The molecule has 158 valence electrons. The van der Waals surface area contributed by atoms with Crippen molar-refractivity contribution in [2.75, 3.05) is 6.61 Å². The smallest absolute Gasteiger partial charge is 0.338 e. The second-order valence-electron chi connectivity index (χ2n) is 6.67. The number of hydrogen-bond donors (Lipinski definition) is 0. The molecule has 1 atom stereocenters. The predicted molar refractivity (Wildman–Crippen MR) is 118 cm³/mol. The van der Waals surface area contributed by atoms with Crippen LogP contribution in [0.5, 0.6) is 0 Å². The minimum Gasteiger partial charge on any atom is -0.463 e. The van der Waals surface area contributed by atoms with Crippen molar-refractivity contribution in [3.63, 3.8) is 0 Å². The highest BCUT2D eigenvalue weighted by atomic mass is 32.1. The van der Waals surface area contributed by atoms with E-state index in [1.807, 2.05) is 17.5 Å². The Hall–Kier alpha value is -3.37. The van der Waals surface area contributed by atoms with Crippen LogP contribution in [-0.2, 0) is 9.53 Å². The highest BCUT2D eigenvalue weighted by Crippen LogP contribution is 2.33. The van der Waals surface area contributed by atoms with E-state index in [0.29, 0.717) is 26.2 Å². The Balaban J connectivity index is 1.88. The van der Waals surface area contributed by atoms with E-state index in [1.165, 1.54) is 39.4 Å². The summed E-state index contributed by atoms with van der Waals surface area (Å²) in [6.07, 6.45) is 1.67. The van der Waals surface area contributed by atoms with Gasteiger partial charge in [-0.1, -0.05) is 17.4 Å². The van der Waals surface area contributed by atoms with E-state index in [9.17, 15) is 19.7 Å². The fourth-order valence-corrected chi connectivity index (χ4v) is 5.22. The lowest BCUT2D eigenvalue weighted by Crippen LogP contribution is -2.39. The van der Waals surface area contributed by atoms with Gasteiger partial charge < -0.3 is 4.74 Å². The first kappa shape index (κ1) is 20.9. The first-order valence-corrected chi connectivity index (χ1v) is 11.1. The lowest BCUT2D eigenvalue weighted by atomic mass is 10.0. The first-order valence-electron chi connectivity index (χ1n) is 9.38. The highest BCUT2D eigenvalue weighted by molar-refractivity contribution is 7.10. The predicted octanol–water partition coefficient (Wildman–Crippen LogP) is 2.77. The van der Waals surface area contributed by atoms with E-state index in [-0.39, 0.29) is 17.9 Å². The minimum absolute atomic E-state index is 0.0222. The molecule has 0 saturated carbocycles. The van der Waals surface area contributed by atoms with Gasteiger partial charge in [-0.2, -0.15) is 0 Å². The number of nitro benzene ring substituents is 1. The summed E-state index contributed by atoms with van der Waals surface area (Å²) < 4.78 is 7.18. The van der Waals surface area contributed by atoms with Gasteiger partial charge in [0.25, 0.3) is 11.2 Å². The van der Waals surface area contributed by atoms with E-state index in [2.05, 4.69) is 4.99 Å². The number of nitro groups is 1. The molecule has 0 bridgehead atoms. The molecule has 4 rings (SSSR count). The molecule has 1 aliphatic rings. The van der Waals surface area contributed by atoms with E-state index in [0.717, 1.165) is 4.88 Å². The average Bonchev–Trinajstić information content (AvgIpc) is 3.36. The molecule has 8 nitrogen and oxygen atoms in total. The second-order valence-corrected chi connectivity index (χ2v) is 8.65. The molecule has 0 spiro atoms. The number of non-ortho nitro benzene ring substituents is 1. The molecule has 2 aromatic heterocycles. The van der Waals surface area contributed by atoms with Gasteiger partial charge >= 0.3 is 5.97 Å². The van der Waals surface area contributed by atoms with E-state index >= 15 is 0 Å². The number of thiophene rings is 1. The van der Waals surface area contributed by atoms with Gasteiger partial charge in [0.1, 0.15) is 6.04 Å². The SMILES string of the molecule is CCOC(=O)C1=C(C)N=c2sc(=Cc3ccc([N+](=O)[O-])cc3)c(=O)n2C1c1cccs1. The molecule has 0 fully saturated rings. The summed E-state index contributed by atoms with van der Waals surface area (Å²) in [5.74, 6) is -0.494. The normalized spacial score (nSPS) is 16.1. The molecule has 1 aromatic carbocycles. The summed E-state index contributed by atoms with van der Waals surface area (Å²) in [6.45, 7) is 3.69. The third-order valence-electron chi connectivity index (χ3n) is 4.73. The van der Waals surface area contributed by atoms with Crippen molar-refractivity contribution in [1.82, 2.24) is 4.57 Å². The van der Waals surface area contributed by atoms with Crippen LogP contribution < -0.4 is 14.9 Å². The van der Waals surface area contributed by atoms with Crippen LogP contribution >= 0.6 is 22.7 Å². The molecule has 10 heteroatoms. The number of nitrogens with zero attached hydrogens (tertiary/aromatic N) is 3. The molecule has 0 aliphatic carbocycles. The third-order valence-corrected chi connectivity index (χ3v) is 6.64. The maximum absolute atomic E-state index is 13.3. The van der Waals surface area contributed by atoms with E-state index in [4.69, 9.17) is 4.74 Å².